The number of rotatable bonds is 7. The Morgan fingerprint density at radius 2 is 2.05 bits per heavy atom. The third kappa shape index (κ3) is 4.96. The number of thiocarbonyl (C=S) groups is 1. The maximum atomic E-state index is 5.46. The molecule has 1 atom stereocenters. The van der Waals surface area contributed by atoms with Gasteiger partial charge in [0.25, 0.3) is 0 Å². The zero-order valence-electron chi connectivity index (χ0n) is 13.9. The van der Waals surface area contributed by atoms with E-state index in [4.69, 9.17) is 12.2 Å². The summed E-state index contributed by atoms with van der Waals surface area (Å²) in [7, 11) is 0. The van der Waals surface area contributed by atoms with Gasteiger partial charge < -0.3 is 15.5 Å². The van der Waals surface area contributed by atoms with Crippen LogP contribution in [-0.4, -0.2) is 36.2 Å². The van der Waals surface area contributed by atoms with Crippen molar-refractivity contribution in [1.29, 1.82) is 0 Å². The fourth-order valence-corrected chi connectivity index (χ4v) is 3.40. The summed E-state index contributed by atoms with van der Waals surface area (Å²) in [4.78, 5) is 2.44. The van der Waals surface area contributed by atoms with Gasteiger partial charge in [-0.2, -0.15) is 0 Å². The van der Waals surface area contributed by atoms with Crippen LogP contribution in [0, 0.1) is 0 Å². The van der Waals surface area contributed by atoms with Gasteiger partial charge in [0.2, 0.25) is 0 Å². The minimum Gasteiger partial charge on any atom is -0.363 e. The molecule has 1 aliphatic carbocycles. The van der Waals surface area contributed by atoms with Gasteiger partial charge in [0.05, 0.1) is 6.04 Å². The average molecular weight is 320 g/mol. The van der Waals surface area contributed by atoms with Crippen LogP contribution in [0.5, 0.6) is 0 Å². The van der Waals surface area contributed by atoms with Crippen molar-refractivity contribution >= 4 is 17.3 Å². The first kappa shape index (κ1) is 17.2. The molecule has 0 spiro atoms. The third-order valence-corrected chi connectivity index (χ3v) is 4.77. The molecular weight excluding hydrogens is 290 g/mol. The Morgan fingerprint density at radius 3 is 2.82 bits per heavy atom. The molecule has 4 heteroatoms. The number of hydrogen-bond donors (Lipinski definition) is 2. The second-order valence-electron chi connectivity index (χ2n) is 5.92. The van der Waals surface area contributed by atoms with E-state index in [2.05, 4.69) is 53.6 Å². The lowest BCUT2D eigenvalue weighted by atomic mass is 9.88. The van der Waals surface area contributed by atoms with Crippen LogP contribution >= 0.6 is 12.2 Å². The Kier molecular flexibility index (Phi) is 7.13. The number of nitrogens with one attached hydrogen (secondary N) is 2. The van der Waals surface area contributed by atoms with Crippen LogP contribution in [-0.2, 0) is 6.42 Å². The second kappa shape index (κ2) is 9.11. The summed E-state index contributed by atoms with van der Waals surface area (Å²) in [5.41, 5.74) is 2.89. The normalized spacial score (nSPS) is 17.1. The molecule has 0 bridgehead atoms. The summed E-state index contributed by atoms with van der Waals surface area (Å²) in [5, 5.41) is 7.65. The molecule has 1 aromatic rings. The van der Waals surface area contributed by atoms with Gasteiger partial charge in [0.1, 0.15) is 0 Å². The molecule has 22 heavy (non-hydrogen) atoms. The van der Waals surface area contributed by atoms with Gasteiger partial charge in [-0.3, -0.25) is 0 Å². The van der Waals surface area contributed by atoms with E-state index in [0.717, 1.165) is 44.1 Å². The molecule has 0 saturated carbocycles. The molecular formula is C18H29N3S. The van der Waals surface area contributed by atoms with Crippen molar-refractivity contribution < 1.29 is 0 Å². The maximum absolute atomic E-state index is 5.46. The number of aryl methyl sites for hydroxylation is 1. The van der Waals surface area contributed by atoms with E-state index in [9.17, 15) is 0 Å². The molecule has 0 aliphatic heterocycles. The van der Waals surface area contributed by atoms with Crippen LogP contribution in [0.15, 0.2) is 24.3 Å². The highest BCUT2D eigenvalue weighted by molar-refractivity contribution is 7.80. The smallest absolute Gasteiger partial charge is 0.166 e. The van der Waals surface area contributed by atoms with Gasteiger partial charge in [-0.1, -0.05) is 38.1 Å². The van der Waals surface area contributed by atoms with Gasteiger partial charge in [-0.25, -0.2) is 0 Å². The molecule has 0 radical (unpaired) electrons. The Balaban J connectivity index is 1.74. The molecule has 0 unspecified atom stereocenters. The average Bonchev–Trinajstić information content (AvgIpc) is 2.55. The topological polar surface area (TPSA) is 27.3 Å². The minimum atomic E-state index is 0.368. The quantitative estimate of drug-likeness (QED) is 0.596. The molecule has 2 N–H and O–H groups in total. The van der Waals surface area contributed by atoms with Crippen molar-refractivity contribution in [3.63, 3.8) is 0 Å². The number of hydrogen-bond acceptors (Lipinski definition) is 2. The molecule has 1 aromatic carbocycles. The summed E-state index contributed by atoms with van der Waals surface area (Å²) in [6.45, 7) is 8.75. The SMILES string of the molecule is CCN(CC)CCCNC(=S)N[C@H]1CCCc2ccccc21. The first-order chi connectivity index (χ1) is 10.7. The Bertz CT molecular complexity index is 471. The van der Waals surface area contributed by atoms with E-state index in [1.807, 2.05) is 0 Å². The van der Waals surface area contributed by atoms with Crippen LogP contribution in [0.25, 0.3) is 0 Å². The fourth-order valence-electron chi connectivity index (χ4n) is 3.16. The summed E-state index contributed by atoms with van der Waals surface area (Å²) in [6.07, 6.45) is 4.72. The predicted molar refractivity (Wildman–Crippen MR) is 98.3 cm³/mol. The highest BCUT2D eigenvalue weighted by Gasteiger charge is 2.19. The van der Waals surface area contributed by atoms with Crippen LogP contribution in [0.3, 0.4) is 0 Å². The molecule has 0 aromatic heterocycles. The first-order valence-electron chi connectivity index (χ1n) is 8.59. The number of fused-ring (bicyclic) bond motifs is 1. The van der Waals surface area contributed by atoms with Crippen molar-refractivity contribution in [1.82, 2.24) is 15.5 Å². The summed E-state index contributed by atoms with van der Waals surface area (Å²) in [6, 6.07) is 9.09. The summed E-state index contributed by atoms with van der Waals surface area (Å²) < 4.78 is 0. The maximum Gasteiger partial charge on any atom is 0.166 e. The first-order valence-corrected chi connectivity index (χ1v) is 9.00. The molecule has 0 amide bonds. The lowest BCUT2D eigenvalue weighted by molar-refractivity contribution is 0.300. The largest absolute Gasteiger partial charge is 0.363 e. The lowest BCUT2D eigenvalue weighted by Crippen LogP contribution is -2.40. The van der Waals surface area contributed by atoms with Crippen molar-refractivity contribution in [2.45, 2.75) is 45.6 Å². The van der Waals surface area contributed by atoms with E-state index in [1.165, 1.54) is 24.0 Å². The minimum absolute atomic E-state index is 0.368. The van der Waals surface area contributed by atoms with Crippen LogP contribution in [0.4, 0.5) is 0 Å². The molecule has 3 nitrogen and oxygen atoms in total. The van der Waals surface area contributed by atoms with Gasteiger partial charge in [0, 0.05) is 6.54 Å². The molecule has 2 rings (SSSR count). The van der Waals surface area contributed by atoms with Gasteiger partial charge in [-0.05, 0) is 68.7 Å². The molecule has 0 heterocycles. The second-order valence-corrected chi connectivity index (χ2v) is 6.33. The van der Waals surface area contributed by atoms with Gasteiger partial charge in [-0.15, -0.1) is 0 Å². The lowest BCUT2D eigenvalue weighted by Gasteiger charge is -2.27. The van der Waals surface area contributed by atoms with Crippen LogP contribution in [0.1, 0.15) is 50.3 Å². The highest BCUT2D eigenvalue weighted by Crippen LogP contribution is 2.29. The van der Waals surface area contributed by atoms with E-state index in [1.54, 1.807) is 0 Å². The molecule has 122 valence electrons. The number of benzene rings is 1. The zero-order chi connectivity index (χ0) is 15.8. The Morgan fingerprint density at radius 1 is 1.27 bits per heavy atom. The van der Waals surface area contributed by atoms with Gasteiger partial charge >= 0.3 is 0 Å². The van der Waals surface area contributed by atoms with Crippen molar-refractivity contribution in [3.8, 4) is 0 Å². The standard InChI is InChI=1S/C18H29N3S/c1-3-21(4-2)14-8-13-19-18(22)20-17-12-7-10-15-9-5-6-11-16(15)17/h5-6,9,11,17H,3-4,7-8,10,12-14H2,1-2H3,(H2,19,20,22)/t17-/m0/s1. The monoisotopic (exact) mass is 319 g/mol. The predicted octanol–water partition coefficient (Wildman–Crippen LogP) is 3.26. The zero-order valence-corrected chi connectivity index (χ0v) is 14.7. The van der Waals surface area contributed by atoms with E-state index >= 15 is 0 Å². The van der Waals surface area contributed by atoms with Crippen molar-refractivity contribution in [2.24, 2.45) is 0 Å². The fraction of sp³-hybridized carbons (Fsp3) is 0.611. The van der Waals surface area contributed by atoms with Crippen LogP contribution < -0.4 is 10.6 Å². The Hall–Kier alpha value is -1.13. The Labute approximate surface area is 140 Å². The molecule has 0 fully saturated rings. The highest BCUT2D eigenvalue weighted by atomic mass is 32.1. The van der Waals surface area contributed by atoms with Crippen molar-refractivity contribution in [2.75, 3.05) is 26.2 Å². The summed E-state index contributed by atoms with van der Waals surface area (Å²) >= 11 is 5.46. The molecule has 0 saturated heterocycles. The molecule has 1 aliphatic rings. The van der Waals surface area contributed by atoms with Gasteiger partial charge in [0.15, 0.2) is 5.11 Å². The van der Waals surface area contributed by atoms with E-state index < -0.39 is 0 Å². The number of nitrogens with zero attached hydrogens (tertiary/aromatic N) is 1. The van der Waals surface area contributed by atoms with Crippen molar-refractivity contribution in [3.05, 3.63) is 35.4 Å². The van der Waals surface area contributed by atoms with E-state index in [0.29, 0.717) is 6.04 Å². The summed E-state index contributed by atoms with van der Waals surface area (Å²) in [5.74, 6) is 0. The third-order valence-electron chi connectivity index (χ3n) is 4.51. The van der Waals surface area contributed by atoms with E-state index in [-0.39, 0.29) is 0 Å². The van der Waals surface area contributed by atoms with Crippen LogP contribution in [0.2, 0.25) is 0 Å².